The molecule has 6 heteroatoms. The Balaban J connectivity index is 1.59. The molecular formula is C26H28N2O3S. The van der Waals surface area contributed by atoms with Crippen molar-refractivity contribution in [3.63, 3.8) is 0 Å². The van der Waals surface area contributed by atoms with Gasteiger partial charge in [0.1, 0.15) is 5.75 Å². The summed E-state index contributed by atoms with van der Waals surface area (Å²) in [6.45, 7) is 5.90. The van der Waals surface area contributed by atoms with Crippen molar-refractivity contribution in [2.45, 2.75) is 37.3 Å². The van der Waals surface area contributed by atoms with Crippen molar-refractivity contribution in [1.29, 1.82) is 0 Å². The Labute approximate surface area is 193 Å². The molecule has 0 aliphatic heterocycles. The number of benzene rings is 3. The summed E-state index contributed by atoms with van der Waals surface area (Å²) in [6.07, 6.45) is 0.683. The third-order valence-electron chi connectivity index (χ3n) is 4.90. The molecule has 32 heavy (non-hydrogen) atoms. The number of carbonyl (C=O) groups is 2. The van der Waals surface area contributed by atoms with Crippen molar-refractivity contribution in [2.24, 2.45) is 0 Å². The van der Waals surface area contributed by atoms with Gasteiger partial charge in [0.05, 0.1) is 5.25 Å². The average Bonchev–Trinajstić information content (AvgIpc) is 2.79. The number of hydrogen-bond acceptors (Lipinski definition) is 4. The van der Waals surface area contributed by atoms with E-state index in [1.54, 1.807) is 12.1 Å². The van der Waals surface area contributed by atoms with E-state index in [1.807, 2.05) is 81.4 Å². The summed E-state index contributed by atoms with van der Waals surface area (Å²) in [5.74, 6) is 0.379. The number of thioether (sulfide) groups is 1. The van der Waals surface area contributed by atoms with Crippen molar-refractivity contribution < 1.29 is 14.3 Å². The van der Waals surface area contributed by atoms with Crippen LogP contribution in [0.25, 0.3) is 0 Å². The van der Waals surface area contributed by atoms with Crippen LogP contribution in [-0.2, 0) is 9.59 Å². The lowest BCUT2D eigenvalue weighted by atomic mass is 10.1. The minimum atomic E-state index is -0.249. The number of para-hydroxylation sites is 2. The zero-order chi connectivity index (χ0) is 22.9. The Hall–Kier alpha value is -3.25. The fraction of sp³-hybridized carbons (Fsp3) is 0.231. The number of ether oxygens (including phenoxy) is 1. The summed E-state index contributed by atoms with van der Waals surface area (Å²) >= 11 is 1.48. The Kier molecular flexibility index (Phi) is 8.34. The fourth-order valence-corrected chi connectivity index (χ4v) is 4.22. The maximum absolute atomic E-state index is 12.9. The molecule has 0 fully saturated rings. The van der Waals surface area contributed by atoms with Crippen LogP contribution in [0.15, 0.2) is 77.7 Å². The fourth-order valence-electron chi connectivity index (χ4n) is 3.21. The van der Waals surface area contributed by atoms with E-state index in [1.165, 1.54) is 11.8 Å². The zero-order valence-electron chi connectivity index (χ0n) is 18.6. The van der Waals surface area contributed by atoms with Crippen LogP contribution < -0.4 is 15.4 Å². The summed E-state index contributed by atoms with van der Waals surface area (Å²) in [5.41, 5.74) is 3.62. The van der Waals surface area contributed by atoms with Gasteiger partial charge < -0.3 is 15.4 Å². The highest BCUT2D eigenvalue weighted by atomic mass is 32.2. The Bertz CT molecular complexity index is 1050. The maximum atomic E-state index is 12.9. The van der Waals surface area contributed by atoms with Gasteiger partial charge in [0, 0.05) is 16.3 Å². The summed E-state index contributed by atoms with van der Waals surface area (Å²) < 4.78 is 5.49. The molecule has 0 aromatic heterocycles. The molecule has 2 N–H and O–H groups in total. The molecule has 0 aliphatic carbocycles. The maximum Gasteiger partial charge on any atom is 0.262 e. The van der Waals surface area contributed by atoms with Crippen LogP contribution in [0, 0.1) is 13.8 Å². The summed E-state index contributed by atoms with van der Waals surface area (Å²) in [5, 5.41) is 5.68. The van der Waals surface area contributed by atoms with Gasteiger partial charge in [-0.05, 0) is 61.7 Å². The second-order valence-electron chi connectivity index (χ2n) is 7.45. The van der Waals surface area contributed by atoms with Gasteiger partial charge in [-0.1, -0.05) is 49.4 Å². The summed E-state index contributed by atoms with van der Waals surface area (Å²) in [7, 11) is 0. The number of aryl methyl sites for hydroxylation is 2. The van der Waals surface area contributed by atoms with Gasteiger partial charge in [-0.2, -0.15) is 0 Å². The van der Waals surface area contributed by atoms with Gasteiger partial charge in [0.25, 0.3) is 5.91 Å². The number of anilines is 2. The molecule has 3 aromatic rings. The van der Waals surface area contributed by atoms with E-state index >= 15 is 0 Å². The van der Waals surface area contributed by atoms with Crippen LogP contribution >= 0.6 is 11.8 Å². The summed E-state index contributed by atoms with van der Waals surface area (Å²) in [4.78, 5) is 26.1. The lowest BCUT2D eigenvalue weighted by Crippen LogP contribution is -2.25. The number of carbonyl (C=O) groups excluding carboxylic acids is 2. The van der Waals surface area contributed by atoms with E-state index in [-0.39, 0.29) is 23.7 Å². The lowest BCUT2D eigenvalue weighted by molar-refractivity contribution is -0.118. The smallest absolute Gasteiger partial charge is 0.262 e. The molecule has 3 aromatic carbocycles. The molecule has 0 spiro atoms. The van der Waals surface area contributed by atoms with Crippen LogP contribution in [0.5, 0.6) is 5.75 Å². The molecule has 0 heterocycles. The molecule has 5 nitrogen and oxygen atoms in total. The van der Waals surface area contributed by atoms with E-state index in [4.69, 9.17) is 4.74 Å². The van der Waals surface area contributed by atoms with Gasteiger partial charge in [0.2, 0.25) is 5.91 Å². The Morgan fingerprint density at radius 3 is 2.28 bits per heavy atom. The predicted molar refractivity (Wildman–Crippen MR) is 131 cm³/mol. The number of amides is 2. The molecule has 1 unspecified atom stereocenters. The second kappa shape index (κ2) is 11.4. The Morgan fingerprint density at radius 1 is 0.906 bits per heavy atom. The molecule has 0 bridgehead atoms. The lowest BCUT2D eigenvalue weighted by Gasteiger charge is -2.17. The van der Waals surface area contributed by atoms with Crippen LogP contribution in [-0.4, -0.2) is 23.7 Å². The van der Waals surface area contributed by atoms with Crippen molar-refractivity contribution in [1.82, 2.24) is 0 Å². The standard InChI is InChI=1S/C26H28N2O3S/c1-4-23(26(30)28-25-18(2)10-8-11-19(25)3)32-22-15-9-12-20(16-22)27-24(29)17-31-21-13-6-5-7-14-21/h5-16,23H,4,17H2,1-3H3,(H,27,29)(H,28,30). The molecule has 0 saturated carbocycles. The highest BCUT2D eigenvalue weighted by Gasteiger charge is 2.19. The number of hydrogen-bond donors (Lipinski definition) is 2. The van der Waals surface area contributed by atoms with Gasteiger partial charge in [-0.25, -0.2) is 0 Å². The first-order chi connectivity index (χ1) is 15.5. The Morgan fingerprint density at radius 2 is 1.59 bits per heavy atom. The van der Waals surface area contributed by atoms with Gasteiger partial charge in [-0.15, -0.1) is 11.8 Å². The summed E-state index contributed by atoms with van der Waals surface area (Å²) in [6, 6.07) is 22.7. The second-order valence-corrected chi connectivity index (χ2v) is 8.72. The minimum Gasteiger partial charge on any atom is -0.484 e. The highest BCUT2D eigenvalue weighted by Crippen LogP contribution is 2.29. The molecule has 0 saturated heterocycles. The zero-order valence-corrected chi connectivity index (χ0v) is 19.4. The van der Waals surface area contributed by atoms with Gasteiger partial charge in [0.15, 0.2) is 6.61 Å². The molecule has 1 atom stereocenters. The molecule has 3 rings (SSSR count). The first-order valence-corrected chi connectivity index (χ1v) is 11.5. The molecule has 166 valence electrons. The van der Waals surface area contributed by atoms with Crippen molar-refractivity contribution in [3.8, 4) is 5.75 Å². The van der Waals surface area contributed by atoms with Crippen LogP contribution in [0.1, 0.15) is 24.5 Å². The molecule has 0 radical (unpaired) electrons. The third-order valence-corrected chi connectivity index (χ3v) is 6.26. The van der Waals surface area contributed by atoms with E-state index in [0.717, 1.165) is 21.7 Å². The molecular weight excluding hydrogens is 420 g/mol. The molecule has 0 aliphatic rings. The monoisotopic (exact) mass is 448 g/mol. The van der Waals surface area contributed by atoms with Crippen LogP contribution in [0.4, 0.5) is 11.4 Å². The first kappa shape index (κ1) is 23.4. The van der Waals surface area contributed by atoms with E-state index in [9.17, 15) is 9.59 Å². The largest absolute Gasteiger partial charge is 0.484 e. The van der Waals surface area contributed by atoms with Crippen molar-refractivity contribution in [2.75, 3.05) is 17.2 Å². The van der Waals surface area contributed by atoms with Crippen molar-refractivity contribution >= 4 is 35.0 Å². The minimum absolute atomic E-state index is 0.0272. The third kappa shape index (κ3) is 6.62. The van der Waals surface area contributed by atoms with Crippen LogP contribution in [0.2, 0.25) is 0 Å². The molecule has 2 amide bonds. The average molecular weight is 449 g/mol. The first-order valence-electron chi connectivity index (χ1n) is 10.6. The van der Waals surface area contributed by atoms with Gasteiger partial charge in [-0.3, -0.25) is 9.59 Å². The van der Waals surface area contributed by atoms with E-state index in [0.29, 0.717) is 17.9 Å². The number of rotatable bonds is 9. The van der Waals surface area contributed by atoms with Crippen LogP contribution in [0.3, 0.4) is 0 Å². The number of nitrogens with one attached hydrogen (secondary N) is 2. The van der Waals surface area contributed by atoms with Gasteiger partial charge >= 0.3 is 0 Å². The van der Waals surface area contributed by atoms with Crippen molar-refractivity contribution in [3.05, 3.63) is 83.9 Å². The predicted octanol–water partition coefficient (Wildman–Crippen LogP) is 5.83. The normalized spacial score (nSPS) is 11.5. The SMILES string of the molecule is CCC(Sc1cccc(NC(=O)COc2ccccc2)c1)C(=O)Nc1c(C)cccc1C. The highest BCUT2D eigenvalue weighted by molar-refractivity contribution is 8.00. The van der Waals surface area contributed by atoms with E-state index in [2.05, 4.69) is 10.6 Å². The van der Waals surface area contributed by atoms with E-state index < -0.39 is 0 Å². The topological polar surface area (TPSA) is 67.4 Å². The quantitative estimate of drug-likeness (QED) is 0.404.